The largest absolute Gasteiger partial charge is 0.381 e. The molecule has 2 aromatic rings. The van der Waals surface area contributed by atoms with Gasteiger partial charge in [0.05, 0.1) is 0 Å². The summed E-state index contributed by atoms with van der Waals surface area (Å²) in [6.45, 7) is 0.148. The summed E-state index contributed by atoms with van der Waals surface area (Å²) in [5.74, 6) is -1.30. The first-order chi connectivity index (χ1) is 8.15. The van der Waals surface area contributed by atoms with Gasteiger partial charge in [0, 0.05) is 17.8 Å². The molecule has 0 saturated carbocycles. The molecule has 0 aromatic heterocycles. The molecule has 2 aromatic carbocycles. The van der Waals surface area contributed by atoms with Gasteiger partial charge in [-0.05, 0) is 42.5 Å². The van der Waals surface area contributed by atoms with Crippen LogP contribution in [0.3, 0.4) is 0 Å². The Balaban J connectivity index is 2.07. The fourth-order valence-corrected chi connectivity index (χ4v) is 1.44. The normalized spacial score (nSPS) is 10.3. The summed E-state index contributed by atoms with van der Waals surface area (Å²) < 4.78 is 38.8. The molecule has 0 bridgehead atoms. The highest BCUT2D eigenvalue weighted by Gasteiger charge is 2.03. The highest BCUT2D eigenvalue weighted by atomic mass is 19.1. The van der Waals surface area contributed by atoms with Crippen LogP contribution in [0, 0.1) is 17.5 Å². The van der Waals surface area contributed by atoms with Crippen LogP contribution < -0.4 is 5.32 Å². The molecular weight excluding hydrogens is 227 g/mol. The van der Waals surface area contributed by atoms with E-state index in [-0.39, 0.29) is 17.9 Å². The number of nitrogens with one attached hydrogen (secondary N) is 1. The van der Waals surface area contributed by atoms with Crippen LogP contribution in [0.25, 0.3) is 0 Å². The van der Waals surface area contributed by atoms with Crippen molar-refractivity contribution >= 4 is 5.69 Å². The summed E-state index contributed by atoms with van der Waals surface area (Å²) in [7, 11) is 0. The molecule has 0 amide bonds. The zero-order valence-corrected chi connectivity index (χ0v) is 8.88. The summed E-state index contributed by atoms with van der Waals surface area (Å²) >= 11 is 0. The first kappa shape index (κ1) is 11.5. The van der Waals surface area contributed by atoms with Gasteiger partial charge in [-0.15, -0.1) is 0 Å². The number of rotatable bonds is 3. The van der Waals surface area contributed by atoms with E-state index in [4.69, 9.17) is 0 Å². The second kappa shape index (κ2) is 4.91. The molecule has 1 nitrogen and oxygen atoms in total. The summed E-state index contributed by atoms with van der Waals surface area (Å²) in [4.78, 5) is 0. The van der Waals surface area contributed by atoms with E-state index in [0.29, 0.717) is 5.69 Å². The number of anilines is 1. The van der Waals surface area contributed by atoms with Gasteiger partial charge < -0.3 is 5.32 Å². The summed E-state index contributed by atoms with van der Waals surface area (Å²) in [6, 6.07) is 8.94. The Bertz CT molecular complexity index is 509. The van der Waals surface area contributed by atoms with Crippen LogP contribution in [-0.4, -0.2) is 0 Å². The van der Waals surface area contributed by atoms with E-state index in [1.807, 2.05) is 0 Å². The van der Waals surface area contributed by atoms with Gasteiger partial charge in [-0.1, -0.05) is 0 Å². The van der Waals surface area contributed by atoms with Crippen molar-refractivity contribution in [3.63, 3.8) is 0 Å². The van der Waals surface area contributed by atoms with Gasteiger partial charge >= 0.3 is 0 Å². The maximum Gasteiger partial charge on any atom is 0.128 e. The van der Waals surface area contributed by atoms with Crippen molar-refractivity contribution < 1.29 is 13.2 Å². The van der Waals surface area contributed by atoms with Crippen LogP contribution in [0.5, 0.6) is 0 Å². The zero-order chi connectivity index (χ0) is 12.3. The Morgan fingerprint density at radius 1 is 0.824 bits per heavy atom. The average molecular weight is 237 g/mol. The number of hydrogen-bond acceptors (Lipinski definition) is 1. The summed E-state index contributed by atoms with van der Waals surface area (Å²) in [5, 5.41) is 2.88. The number of hydrogen-bond donors (Lipinski definition) is 1. The molecule has 0 aliphatic heterocycles. The smallest absolute Gasteiger partial charge is 0.128 e. The van der Waals surface area contributed by atoms with Crippen molar-refractivity contribution in [1.29, 1.82) is 0 Å². The van der Waals surface area contributed by atoms with Crippen molar-refractivity contribution in [2.75, 3.05) is 5.32 Å². The van der Waals surface area contributed by atoms with Crippen LogP contribution in [0.15, 0.2) is 42.5 Å². The number of halogens is 3. The molecule has 4 heteroatoms. The monoisotopic (exact) mass is 237 g/mol. The second-order valence-electron chi connectivity index (χ2n) is 3.60. The molecule has 0 unspecified atom stereocenters. The second-order valence-corrected chi connectivity index (χ2v) is 3.60. The molecule has 0 saturated heterocycles. The fraction of sp³-hybridized carbons (Fsp3) is 0.0769. The first-order valence-electron chi connectivity index (χ1n) is 5.08. The third-order valence-corrected chi connectivity index (χ3v) is 2.33. The molecular formula is C13H10F3N. The first-order valence-corrected chi connectivity index (χ1v) is 5.08. The van der Waals surface area contributed by atoms with E-state index in [2.05, 4.69) is 5.32 Å². The minimum atomic E-state index is -0.484. The van der Waals surface area contributed by atoms with Crippen LogP contribution in [-0.2, 0) is 6.54 Å². The van der Waals surface area contributed by atoms with Gasteiger partial charge in [0.2, 0.25) is 0 Å². The van der Waals surface area contributed by atoms with Gasteiger partial charge in [-0.2, -0.15) is 0 Å². The lowest BCUT2D eigenvalue weighted by molar-refractivity contribution is 0.587. The van der Waals surface area contributed by atoms with Gasteiger partial charge in [0.1, 0.15) is 17.5 Å². The Labute approximate surface area is 96.9 Å². The van der Waals surface area contributed by atoms with Gasteiger partial charge in [-0.3, -0.25) is 0 Å². The molecule has 0 aliphatic carbocycles. The maximum atomic E-state index is 13.3. The van der Waals surface area contributed by atoms with Crippen molar-refractivity contribution in [2.24, 2.45) is 0 Å². The minimum Gasteiger partial charge on any atom is -0.381 e. The molecule has 0 heterocycles. The topological polar surface area (TPSA) is 12.0 Å². The molecule has 17 heavy (non-hydrogen) atoms. The van der Waals surface area contributed by atoms with Crippen LogP contribution in [0.1, 0.15) is 5.56 Å². The van der Waals surface area contributed by atoms with Crippen LogP contribution >= 0.6 is 0 Å². The molecule has 0 spiro atoms. The quantitative estimate of drug-likeness (QED) is 0.857. The molecule has 0 atom stereocenters. The third kappa shape index (κ3) is 3.00. The van der Waals surface area contributed by atoms with Crippen molar-refractivity contribution in [1.82, 2.24) is 0 Å². The van der Waals surface area contributed by atoms with Gasteiger partial charge in [0.25, 0.3) is 0 Å². The number of benzene rings is 2. The third-order valence-electron chi connectivity index (χ3n) is 2.33. The fourth-order valence-electron chi connectivity index (χ4n) is 1.44. The SMILES string of the molecule is Fc1ccc(NCc2cc(F)ccc2F)cc1. The van der Waals surface area contributed by atoms with E-state index in [1.54, 1.807) is 0 Å². The highest BCUT2D eigenvalue weighted by molar-refractivity contribution is 5.43. The molecule has 0 aliphatic rings. The minimum absolute atomic E-state index is 0.148. The predicted molar refractivity (Wildman–Crippen MR) is 60.1 cm³/mol. The zero-order valence-electron chi connectivity index (χ0n) is 8.88. The standard InChI is InChI=1S/C13H10F3N/c14-10-1-4-12(5-2-10)17-8-9-7-11(15)3-6-13(9)16/h1-7,17H,8H2. The molecule has 0 radical (unpaired) electrons. The Hall–Kier alpha value is -1.97. The molecule has 2 rings (SSSR count). The maximum absolute atomic E-state index is 13.3. The lowest BCUT2D eigenvalue weighted by Gasteiger charge is -2.07. The van der Waals surface area contributed by atoms with E-state index < -0.39 is 11.6 Å². The van der Waals surface area contributed by atoms with E-state index >= 15 is 0 Å². The average Bonchev–Trinajstić information content (AvgIpc) is 2.32. The van der Waals surface area contributed by atoms with E-state index in [9.17, 15) is 13.2 Å². The highest BCUT2D eigenvalue weighted by Crippen LogP contribution is 2.13. The van der Waals surface area contributed by atoms with Crippen molar-refractivity contribution in [3.8, 4) is 0 Å². The molecule has 1 N–H and O–H groups in total. The molecule has 0 fully saturated rings. The van der Waals surface area contributed by atoms with Crippen LogP contribution in [0.4, 0.5) is 18.9 Å². The Morgan fingerprint density at radius 2 is 1.47 bits per heavy atom. The molecule has 88 valence electrons. The van der Waals surface area contributed by atoms with Crippen LogP contribution in [0.2, 0.25) is 0 Å². The van der Waals surface area contributed by atoms with Gasteiger partial charge in [0.15, 0.2) is 0 Å². The van der Waals surface area contributed by atoms with Gasteiger partial charge in [-0.25, -0.2) is 13.2 Å². The van der Waals surface area contributed by atoms with E-state index in [0.717, 1.165) is 18.2 Å². The van der Waals surface area contributed by atoms with Crippen molar-refractivity contribution in [3.05, 3.63) is 65.5 Å². The summed E-state index contributed by atoms with van der Waals surface area (Å²) in [5.41, 5.74) is 0.879. The summed E-state index contributed by atoms with van der Waals surface area (Å²) in [6.07, 6.45) is 0. The van der Waals surface area contributed by atoms with Crippen molar-refractivity contribution in [2.45, 2.75) is 6.54 Å². The lowest BCUT2D eigenvalue weighted by atomic mass is 10.2. The Morgan fingerprint density at radius 3 is 2.18 bits per heavy atom. The predicted octanol–water partition coefficient (Wildman–Crippen LogP) is 3.72. The van der Waals surface area contributed by atoms with E-state index in [1.165, 1.54) is 24.3 Å². The Kier molecular flexibility index (Phi) is 3.32. The lowest BCUT2D eigenvalue weighted by Crippen LogP contribution is -2.02.